The van der Waals surface area contributed by atoms with Crippen molar-refractivity contribution in [1.82, 2.24) is 5.32 Å². The van der Waals surface area contributed by atoms with Gasteiger partial charge in [-0.2, -0.15) is 0 Å². The molecule has 1 unspecified atom stereocenters. The van der Waals surface area contributed by atoms with Crippen LogP contribution >= 0.6 is 12.2 Å². The highest BCUT2D eigenvalue weighted by Gasteiger charge is 2.41. The summed E-state index contributed by atoms with van der Waals surface area (Å²) >= 11 is 5.94. The van der Waals surface area contributed by atoms with Gasteiger partial charge in [0.15, 0.2) is 5.78 Å². The number of dihydropyridines is 1. The van der Waals surface area contributed by atoms with E-state index in [1.807, 2.05) is 54.6 Å². The number of benzene rings is 3. The summed E-state index contributed by atoms with van der Waals surface area (Å²) in [5, 5.41) is 3.60. The molecule has 0 saturated heterocycles. The molecule has 1 N–H and O–H groups in total. The zero-order valence-corrected chi connectivity index (χ0v) is 18.2. The van der Waals surface area contributed by atoms with E-state index in [1.165, 1.54) is 0 Å². The van der Waals surface area contributed by atoms with Gasteiger partial charge in [-0.15, -0.1) is 0 Å². The molecule has 6 rings (SSSR count). The summed E-state index contributed by atoms with van der Waals surface area (Å²) < 4.78 is 5.98. The molecule has 0 radical (unpaired) electrons. The van der Waals surface area contributed by atoms with Crippen molar-refractivity contribution in [3.63, 3.8) is 0 Å². The first-order valence-electron chi connectivity index (χ1n) is 10.9. The highest BCUT2D eigenvalue weighted by atomic mass is 32.1. The monoisotopic (exact) mass is 435 g/mol. The molecule has 0 bridgehead atoms. The molecule has 156 valence electrons. The number of hydrogen-bond donors (Lipinski definition) is 1. The van der Waals surface area contributed by atoms with Crippen LogP contribution in [0, 0.1) is 0 Å². The zero-order valence-electron chi connectivity index (χ0n) is 17.4. The molecular weight excluding hydrogens is 414 g/mol. The maximum atomic E-state index is 13.1. The summed E-state index contributed by atoms with van der Waals surface area (Å²) in [5.41, 5.74) is 7.31. The van der Waals surface area contributed by atoms with Gasteiger partial charge in [-0.25, -0.2) is 0 Å². The van der Waals surface area contributed by atoms with E-state index in [9.17, 15) is 4.79 Å². The van der Waals surface area contributed by atoms with E-state index in [-0.39, 0.29) is 11.7 Å². The van der Waals surface area contributed by atoms with Crippen LogP contribution in [0.1, 0.15) is 41.9 Å². The number of para-hydroxylation sites is 1. The van der Waals surface area contributed by atoms with Gasteiger partial charge < -0.3 is 10.1 Å². The first-order valence-corrected chi connectivity index (χ1v) is 11.4. The zero-order chi connectivity index (χ0) is 21.7. The van der Waals surface area contributed by atoms with E-state index in [0.717, 1.165) is 68.4 Å². The fraction of sp³-hybridized carbons (Fsp3) is 0.143. The van der Waals surface area contributed by atoms with E-state index < -0.39 is 0 Å². The summed E-state index contributed by atoms with van der Waals surface area (Å²) in [5.74, 6) is 1.63. The number of carbonyl (C=O) groups is 1. The highest BCUT2D eigenvalue weighted by molar-refractivity contribution is 7.81. The minimum atomic E-state index is -0.153. The fourth-order valence-electron chi connectivity index (χ4n) is 5.02. The third-order valence-electron chi connectivity index (χ3n) is 6.46. The predicted octanol–water partition coefficient (Wildman–Crippen LogP) is 6.32. The van der Waals surface area contributed by atoms with Crippen LogP contribution in [-0.4, -0.2) is 10.6 Å². The van der Waals surface area contributed by atoms with Crippen molar-refractivity contribution in [2.45, 2.75) is 25.2 Å². The summed E-state index contributed by atoms with van der Waals surface area (Å²) in [6, 6.07) is 26.1. The Labute approximate surface area is 192 Å². The SMILES string of the molecule is O=C1CCCC2=C1C(c1ccc(Oc3ccccc3)cc1)C1=C(N2)c2ccccc2C1=S. The average Bonchev–Trinajstić information content (AvgIpc) is 3.11. The summed E-state index contributed by atoms with van der Waals surface area (Å²) in [6.07, 6.45) is 2.36. The summed E-state index contributed by atoms with van der Waals surface area (Å²) in [6.45, 7) is 0. The van der Waals surface area contributed by atoms with Gasteiger partial charge >= 0.3 is 0 Å². The fourth-order valence-corrected chi connectivity index (χ4v) is 5.42. The standard InChI is InChI=1S/C28H21NO2S/c30-23-12-6-11-22-25(23)24(26-27(29-22)20-9-4-5-10-21(20)28(26)32)17-13-15-19(16-14-17)31-18-7-2-1-3-8-18/h1-5,7-10,13-16,24,29H,6,11-12H2. The average molecular weight is 436 g/mol. The number of rotatable bonds is 3. The number of thiocarbonyl (C=S) groups is 1. The van der Waals surface area contributed by atoms with E-state index in [2.05, 4.69) is 29.6 Å². The van der Waals surface area contributed by atoms with Crippen molar-refractivity contribution in [2.75, 3.05) is 0 Å². The number of carbonyl (C=O) groups excluding carboxylic acids is 1. The van der Waals surface area contributed by atoms with Crippen LogP contribution in [0.15, 0.2) is 95.7 Å². The maximum Gasteiger partial charge on any atom is 0.161 e. The Bertz CT molecular complexity index is 1320. The highest BCUT2D eigenvalue weighted by Crippen LogP contribution is 2.49. The Morgan fingerprint density at radius 3 is 2.25 bits per heavy atom. The van der Waals surface area contributed by atoms with Crippen molar-refractivity contribution in [3.05, 3.63) is 112 Å². The van der Waals surface area contributed by atoms with Crippen LogP contribution in [0.5, 0.6) is 11.5 Å². The molecule has 0 saturated carbocycles. The van der Waals surface area contributed by atoms with Gasteiger partial charge in [-0.05, 0) is 42.7 Å². The van der Waals surface area contributed by atoms with Gasteiger partial charge in [0.2, 0.25) is 0 Å². The number of Topliss-reactive ketones (excluding diaryl/α,β-unsaturated/α-hetero) is 1. The third kappa shape index (κ3) is 3.02. The van der Waals surface area contributed by atoms with Gasteiger partial charge in [0.1, 0.15) is 11.5 Å². The first kappa shape index (κ1) is 19.2. The smallest absolute Gasteiger partial charge is 0.161 e. The summed E-state index contributed by atoms with van der Waals surface area (Å²) in [7, 11) is 0. The molecule has 4 heteroatoms. The lowest BCUT2D eigenvalue weighted by Gasteiger charge is -2.34. The molecule has 1 aliphatic heterocycles. The third-order valence-corrected chi connectivity index (χ3v) is 6.90. The van der Waals surface area contributed by atoms with Crippen molar-refractivity contribution in [2.24, 2.45) is 0 Å². The number of allylic oxidation sites excluding steroid dienone is 3. The lowest BCUT2D eigenvalue weighted by atomic mass is 9.75. The Morgan fingerprint density at radius 2 is 1.47 bits per heavy atom. The number of hydrogen-bond acceptors (Lipinski definition) is 4. The van der Waals surface area contributed by atoms with Gasteiger partial charge in [0, 0.05) is 40.3 Å². The van der Waals surface area contributed by atoms with Crippen molar-refractivity contribution in [3.8, 4) is 11.5 Å². The van der Waals surface area contributed by atoms with Crippen LogP contribution in [0.4, 0.5) is 0 Å². The minimum absolute atomic E-state index is 0.153. The molecule has 3 aromatic carbocycles. The normalized spacial score (nSPS) is 19.3. The lowest BCUT2D eigenvalue weighted by Crippen LogP contribution is -2.31. The molecule has 1 atom stereocenters. The molecule has 3 aliphatic rings. The predicted molar refractivity (Wildman–Crippen MR) is 130 cm³/mol. The maximum absolute atomic E-state index is 13.1. The Kier molecular flexibility index (Phi) is 4.54. The quantitative estimate of drug-likeness (QED) is 0.489. The van der Waals surface area contributed by atoms with Crippen molar-refractivity contribution in [1.29, 1.82) is 0 Å². The summed E-state index contributed by atoms with van der Waals surface area (Å²) in [4.78, 5) is 13.9. The topological polar surface area (TPSA) is 38.3 Å². The molecule has 0 fully saturated rings. The molecule has 32 heavy (non-hydrogen) atoms. The van der Waals surface area contributed by atoms with Crippen molar-refractivity contribution >= 4 is 28.6 Å². The van der Waals surface area contributed by atoms with Gasteiger partial charge in [-0.1, -0.05) is 66.8 Å². The van der Waals surface area contributed by atoms with E-state index in [0.29, 0.717) is 6.42 Å². The molecule has 3 aromatic rings. The van der Waals surface area contributed by atoms with Gasteiger partial charge in [-0.3, -0.25) is 4.79 Å². The molecular formula is C28H21NO2S. The first-order chi connectivity index (χ1) is 15.7. The molecule has 0 spiro atoms. The molecule has 0 amide bonds. The number of nitrogens with one attached hydrogen (secondary N) is 1. The number of ether oxygens (including phenoxy) is 1. The Balaban J connectivity index is 1.44. The van der Waals surface area contributed by atoms with E-state index in [1.54, 1.807) is 0 Å². The molecule has 2 aliphatic carbocycles. The van der Waals surface area contributed by atoms with Crippen LogP contribution in [0.3, 0.4) is 0 Å². The molecule has 0 aromatic heterocycles. The minimum Gasteiger partial charge on any atom is -0.457 e. The van der Waals surface area contributed by atoms with E-state index >= 15 is 0 Å². The lowest BCUT2D eigenvalue weighted by molar-refractivity contribution is -0.116. The van der Waals surface area contributed by atoms with E-state index in [4.69, 9.17) is 17.0 Å². The number of ketones is 1. The Morgan fingerprint density at radius 1 is 0.781 bits per heavy atom. The largest absolute Gasteiger partial charge is 0.457 e. The number of fused-ring (bicyclic) bond motifs is 2. The molecule has 1 heterocycles. The van der Waals surface area contributed by atoms with Crippen molar-refractivity contribution < 1.29 is 9.53 Å². The van der Waals surface area contributed by atoms with Crippen LogP contribution in [0.2, 0.25) is 0 Å². The van der Waals surface area contributed by atoms with Crippen LogP contribution < -0.4 is 10.1 Å². The second-order valence-electron chi connectivity index (χ2n) is 8.37. The van der Waals surface area contributed by atoms with Crippen LogP contribution in [0.25, 0.3) is 5.70 Å². The second kappa shape index (κ2) is 7.57. The second-order valence-corrected chi connectivity index (χ2v) is 8.78. The Hall–Kier alpha value is -3.50. The van der Waals surface area contributed by atoms with Gasteiger partial charge in [0.25, 0.3) is 0 Å². The van der Waals surface area contributed by atoms with Gasteiger partial charge in [0.05, 0.1) is 10.6 Å². The molecule has 3 nitrogen and oxygen atoms in total. The van der Waals surface area contributed by atoms with Crippen LogP contribution in [-0.2, 0) is 4.79 Å².